The van der Waals surface area contributed by atoms with Crippen LogP contribution in [0.2, 0.25) is 0 Å². The first kappa shape index (κ1) is 24.1. The average molecular weight is 527 g/mol. The summed E-state index contributed by atoms with van der Waals surface area (Å²) < 4.78 is 38.1. The number of aromatic nitrogens is 1. The molecule has 0 N–H and O–H groups in total. The SMILES string of the molecule is O=C1N(c2ccc(SC(F)(F)F)cc2)C(=O)C2(CC2)N1Cc1ccnc2ccc(N3CCCCC3)cc12. The molecule has 3 aromatic rings. The van der Waals surface area contributed by atoms with Gasteiger partial charge in [-0.25, -0.2) is 9.69 Å². The lowest BCUT2D eigenvalue weighted by Gasteiger charge is -2.29. The summed E-state index contributed by atoms with van der Waals surface area (Å²) >= 11 is -0.228. The van der Waals surface area contributed by atoms with E-state index in [4.69, 9.17) is 0 Å². The molecule has 192 valence electrons. The topological polar surface area (TPSA) is 56.8 Å². The highest BCUT2D eigenvalue weighted by atomic mass is 32.2. The van der Waals surface area contributed by atoms with E-state index in [2.05, 4.69) is 22.0 Å². The minimum Gasteiger partial charge on any atom is -0.372 e. The number of nitrogens with zero attached hydrogens (tertiary/aromatic N) is 4. The van der Waals surface area contributed by atoms with Crippen molar-refractivity contribution in [2.24, 2.45) is 0 Å². The van der Waals surface area contributed by atoms with E-state index in [-0.39, 0.29) is 34.8 Å². The lowest BCUT2D eigenvalue weighted by molar-refractivity contribution is -0.120. The molecule has 0 radical (unpaired) electrons. The smallest absolute Gasteiger partial charge is 0.372 e. The van der Waals surface area contributed by atoms with Gasteiger partial charge in [0, 0.05) is 41.8 Å². The minimum absolute atomic E-state index is 0.00102. The highest BCUT2D eigenvalue weighted by Gasteiger charge is 2.65. The second kappa shape index (κ2) is 8.93. The molecular weight excluding hydrogens is 501 g/mol. The average Bonchev–Trinajstić information content (AvgIpc) is 3.66. The van der Waals surface area contributed by atoms with Crippen molar-refractivity contribution in [1.82, 2.24) is 9.88 Å². The number of thioether (sulfide) groups is 1. The molecule has 37 heavy (non-hydrogen) atoms. The van der Waals surface area contributed by atoms with E-state index in [1.807, 2.05) is 12.1 Å². The van der Waals surface area contributed by atoms with Crippen LogP contribution in [0.15, 0.2) is 59.6 Å². The Kier molecular flexibility index (Phi) is 5.82. The lowest BCUT2D eigenvalue weighted by atomic mass is 10.0. The molecule has 0 bridgehead atoms. The molecule has 2 aromatic carbocycles. The summed E-state index contributed by atoms with van der Waals surface area (Å²) in [6.07, 6.45) is 6.42. The number of imide groups is 1. The maximum Gasteiger partial charge on any atom is 0.446 e. The number of piperidine rings is 1. The van der Waals surface area contributed by atoms with Crippen LogP contribution in [0.4, 0.5) is 29.3 Å². The maximum absolute atomic E-state index is 13.6. The van der Waals surface area contributed by atoms with Gasteiger partial charge in [0.15, 0.2) is 0 Å². The number of rotatable bonds is 5. The fraction of sp³-hybridized carbons (Fsp3) is 0.370. The second-order valence-electron chi connectivity index (χ2n) is 9.80. The van der Waals surface area contributed by atoms with E-state index in [0.29, 0.717) is 12.8 Å². The third-order valence-corrected chi connectivity index (χ3v) is 8.20. The Labute approximate surface area is 216 Å². The fourth-order valence-electron chi connectivity index (χ4n) is 5.41. The number of pyridine rings is 1. The number of anilines is 2. The van der Waals surface area contributed by atoms with Crippen molar-refractivity contribution in [1.29, 1.82) is 0 Å². The van der Waals surface area contributed by atoms with Gasteiger partial charge >= 0.3 is 11.5 Å². The predicted octanol–water partition coefficient (Wildman–Crippen LogP) is 6.34. The van der Waals surface area contributed by atoms with Crippen LogP contribution in [0, 0.1) is 0 Å². The van der Waals surface area contributed by atoms with Gasteiger partial charge in [-0.3, -0.25) is 9.78 Å². The molecule has 6 nitrogen and oxygen atoms in total. The molecule has 6 rings (SSSR count). The Hall–Kier alpha value is -3.27. The monoisotopic (exact) mass is 526 g/mol. The van der Waals surface area contributed by atoms with E-state index in [1.165, 1.54) is 30.7 Å². The number of hydrogen-bond acceptors (Lipinski definition) is 5. The molecule has 2 aliphatic heterocycles. The Morgan fingerprint density at radius 1 is 0.919 bits per heavy atom. The quantitative estimate of drug-likeness (QED) is 0.287. The summed E-state index contributed by atoms with van der Waals surface area (Å²) in [4.78, 5) is 36.6. The van der Waals surface area contributed by atoms with Crippen molar-refractivity contribution < 1.29 is 22.8 Å². The van der Waals surface area contributed by atoms with Gasteiger partial charge in [0.1, 0.15) is 5.54 Å². The summed E-state index contributed by atoms with van der Waals surface area (Å²) in [5, 5.41) is 0.952. The maximum atomic E-state index is 13.6. The summed E-state index contributed by atoms with van der Waals surface area (Å²) in [7, 11) is 0. The van der Waals surface area contributed by atoms with Gasteiger partial charge in [0.25, 0.3) is 5.91 Å². The van der Waals surface area contributed by atoms with Crippen molar-refractivity contribution >= 4 is 46.0 Å². The zero-order chi connectivity index (χ0) is 25.8. The standard InChI is InChI=1S/C27H25F3N4O2S/c28-27(29,30)37-21-7-4-19(5-8-21)34-24(35)26(11-12-26)33(25(34)36)17-18-10-13-31-23-9-6-20(16-22(18)23)32-14-2-1-3-15-32/h4-10,13,16H,1-3,11-12,14-15,17H2. The van der Waals surface area contributed by atoms with Crippen LogP contribution in [-0.2, 0) is 11.3 Å². The number of amides is 3. The predicted molar refractivity (Wildman–Crippen MR) is 137 cm³/mol. The van der Waals surface area contributed by atoms with Gasteiger partial charge < -0.3 is 9.80 Å². The summed E-state index contributed by atoms with van der Waals surface area (Å²) in [6.45, 7) is 2.28. The van der Waals surface area contributed by atoms with Crippen LogP contribution >= 0.6 is 11.8 Å². The molecule has 1 aliphatic carbocycles. The third-order valence-electron chi connectivity index (χ3n) is 7.46. The highest BCUT2D eigenvalue weighted by Crippen LogP contribution is 2.50. The number of benzene rings is 2. The first-order chi connectivity index (χ1) is 17.7. The molecule has 1 aromatic heterocycles. The molecule has 3 amide bonds. The Morgan fingerprint density at radius 3 is 2.30 bits per heavy atom. The van der Waals surface area contributed by atoms with E-state index in [0.717, 1.165) is 53.0 Å². The zero-order valence-electron chi connectivity index (χ0n) is 20.0. The van der Waals surface area contributed by atoms with E-state index >= 15 is 0 Å². The van der Waals surface area contributed by atoms with Gasteiger partial charge in [0.05, 0.1) is 11.2 Å². The largest absolute Gasteiger partial charge is 0.446 e. The third kappa shape index (κ3) is 4.41. The molecule has 2 saturated heterocycles. The van der Waals surface area contributed by atoms with Crippen molar-refractivity contribution in [3.63, 3.8) is 0 Å². The van der Waals surface area contributed by atoms with Crippen LogP contribution in [-0.4, -0.2) is 46.0 Å². The molecule has 0 atom stereocenters. The molecule has 3 fully saturated rings. The molecule has 3 aliphatic rings. The van der Waals surface area contributed by atoms with E-state index in [1.54, 1.807) is 11.1 Å². The molecule has 10 heteroatoms. The Balaban J connectivity index is 1.29. The zero-order valence-corrected chi connectivity index (χ0v) is 20.8. The van der Waals surface area contributed by atoms with Crippen LogP contribution in [0.25, 0.3) is 10.9 Å². The van der Waals surface area contributed by atoms with E-state index < -0.39 is 17.1 Å². The Morgan fingerprint density at radius 2 is 1.62 bits per heavy atom. The fourth-order valence-corrected chi connectivity index (χ4v) is 5.95. The first-order valence-electron chi connectivity index (χ1n) is 12.4. The van der Waals surface area contributed by atoms with Gasteiger partial charge in [-0.2, -0.15) is 13.2 Å². The van der Waals surface area contributed by atoms with Crippen molar-refractivity contribution in [3.05, 3.63) is 60.3 Å². The molecule has 1 saturated carbocycles. The van der Waals surface area contributed by atoms with Crippen LogP contribution in [0.3, 0.4) is 0 Å². The number of carbonyl (C=O) groups excluding carboxylic acids is 2. The second-order valence-corrected chi connectivity index (χ2v) is 10.9. The normalized spacial score (nSPS) is 19.4. The van der Waals surface area contributed by atoms with Crippen molar-refractivity contribution in [3.8, 4) is 0 Å². The highest BCUT2D eigenvalue weighted by molar-refractivity contribution is 8.00. The van der Waals surface area contributed by atoms with Gasteiger partial charge in [0.2, 0.25) is 0 Å². The van der Waals surface area contributed by atoms with Crippen molar-refractivity contribution in [2.75, 3.05) is 22.9 Å². The molecule has 0 unspecified atom stereocenters. The number of alkyl halides is 3. The minimum atomic E-state index is -4.41. The molecular formula is C27H25F3N4O2S. The molecule has 3 heterocycles. The van der Waals surface area contributed by atoms with Crippen LogP contribution < -0.4 is 9.80 Å². The Bertz CT molecular complexity index is 1370. The first-order valence-corrected chi connectivity index (χ1v) is 13.2. The van der Waals surface area contributed by atoms with E-state index in [9.17, 15) is 22.8 Å². The number of urea groups is 1. The number of fused-ring (bicyclic) bond motifs is 1. The van der Waals surface area contributed by atoms with Gasteiger partial charge in [-0.15, -0.1) is 0 Å². The number of halogens is 3. The van der Waals surface area contributed by atoms with Gasteiger partial charge in [-0.1, -0.05) is 0 Å². The van der Waals surface area contributed by atoms with Gasteiger partial charge in [-0.05, 0) is 98.0 Å². The summed E-state index contributed by atoms with van der Waals surface area (Å²) in [5.74, 6) is -0.318. The number of carbonyl (C=O) groups is 2. The van der Waals surface area contributed by atoms with Crippen molar-refractivity contribution in [2.45, 2.75) is 54.6 Å². The van der Waals surface area contributed by atoms with Crippen LogP contribution in [0.1, 0.15) is 37.7 Å². The summed E-state index contributed by atoms with van der Waals surface area (Å²) in [5.41, 5.74) is -2.15. The lowest BCUT2D eigenvalue weighted by Crippen LogP contribution is -2.36. The molecule has 1 spiro atoms. The number of hydrogen-bond donors (Lipinski definition) is 0. The summed E-state index contributed by atoms with van der Waals surface area (Å²) in [6, 6.07) is 13.0. The van der Waals surface area contributed by atoms with Crippen LogP contribution in [0.5, 0.6) is 0 Å².